The van der Waals surface area contributed by atoms with E-state index in [1.807, 2.05) is 37.3 Å². The third-order valence-electron chi connectivity index (χ3n) is 3.60. The lowest BCUT2D eigenvalue weighted by Gasteiger charge is -2.17. The molecule has 23 heavy (non-hydrogen) atoms. The van der Waals surface area contributed by atoms with Gasteiger partial charge < -0.3 is 19.5 Å². The second-order valence-electron chi connectivity index (χ2n) is 5.01. The fraction of sp³-hybridized carbons (Fsp3) is 0.278. The summed E-state index contributed by atoms with van der Waals surface area (Å²) in [5.74, 6) is 1.18. The normalized spacial score (nSPS) is 11.5. The molecule has 0 saturated heterocycles. The summed E-state index contributed by atoms with van der Waals surface area (Å²) in [6.07, 6.45) is 0. The van der Waals surface area contributed by atoms with Crippen LogP contribution in [0.25, 0.3) is 0 Å². The molecule has 0 saturated carbocycles. The molecule has 0 aliphatic carbocycles. The van der Waals surface area contributed by atoms with Crippen LogP contribution < -0.4 is 19.5 Å². The molecule has 0 spiro atoms. The average Bonchev–Trinajstić information content (AvgIpc) is 2.60. The summed E-state index contributed by atoms with van der Waals surface area (Å²) in [7, 11) is 4.58. The van der Waals surface area contributed by atoms with E-state index in [0.717, 1.165) is 5.56 Å². The van der Waals surface area contributed by atoms with Crippen LogP contribution in [0.15, 0.2) is 42.5 Å². The molecule has 0 heterocycles. The highest BCUT2D eigenvalue weighted by Gasteiger charge is 2.19. The summed E-state index contributed by atoms with van der Waals surface area (Å²) in [5.41, 5.74) is 1.42. The van der Waals surface area contributed by atoms with Crippen molar-refractivity contribution in [3.63, 3.8) is 0 Å². The van der Waals surface area contributed by atoms with E-state index in [1.54, 1.807) is 12.1 Å². The lowest BCUT2D eigenvalue weighted by Crippen LogP contribution is -2.27. The standard InChI is InChI=1S/C18H21NO4/c1-12(13-8-6-5-7-9-13)19-18(20)14-10-16(22-3)17(23-4)11-15(14)21-2/h5-12H,1-4H3,(H,19,20)/t12-/m1/s1. The first-order valence-corrected chi connectivity index (χ1v) is 7.26. The van der Waals surface area contributed by atoms with Gasteiger partial charge in [0.05, 0.1) is 32.9 Å². The molecule has 0 aromatic heterocycles. The molecule has 0 radical (unpaired) electrons. The number of benzene rings is 2. The van der Waals surface area contributed by atoms with Gasteiger partial charge in [0, 0.05) is 12.1 Å². The van der Waals surface area contributed by atoms with E-state index >= 15 is 0 Å². The summed E-state index contributed by atoms with van der Waals surface area (Å²) in [6, 6.07) is 12.9. The van der Waals surface area contributed by atoms with Crippen LogP contribution in [0.1, 0.15) is 28.9 Å². The van der Waals surface area contributed by atoms with E-state index in [9.17, 15) is 4.79 Å². The van der Waals surface area contributed by atoms with Crippen LogP contribution in [-0.4, -0.2) is 27.2 Å². The molecule has 0 unspecified atom stereocenters. The molecule has 1 atom stereocenters. The van der Waals surface area contributed by atoms with Gasteiger partial charge in [-0.25, -0.2) is 0 Å². The molecule has 5 heteroatoms. The summed E-state index contributed by atoms with van der Waals surface area (Å²) in [6.45, 7) is 1.93. The van der Waals surface area contributed by atoms with Crippen LogP contribution in [-0.2, 0) is 0 Å². The minimum absolute atomic E-state index is 0.124. The maximum Gasteiger partial charge on any atom is 0.255 e. The molecule has 0 aliphatic rings. The molecule has 1 N–H and O–H groups in total. The Bertz CT molecular complexity index is 670. The number of amides is 1. The number of methoxy groups -OCH3 is 3. The van der Waals surface area contributed by atoms with Crippen molar-refractivity contribution in [2.45, 2.75) is 13.0 Å². The number of ether oxygens (including phenoxy) is 3. The van der Waals surface area contributed by atoms with Crippen molar-refractivity contribution in [1.82, 2.24) is 5.32 Å². The lowest BCUT2D eigenvalue weighted by molar-refractivity contribution is 0.0936. The number of hydrogen-bond donors (Lipinski definition) is 1. The SMILES string of the molecule is COc1cc(OC)c(C(=O)N[C@H](C)c2ccccc2)cc1OC. The molecule has 122 valence electrons. The molecule has 0 bridgehead atoms. The highest BCUT2D eigenvalue weighted by atomic mass is 16.5. The minimum atomic E-state index is -0.237. The first-order valence-electron chi connectivity index (χ1n) is 7.26. The smallest absolute Gasteiger partial charge is 0.255 e. The Balaban J connectivity index is 2.28. The van der Waals surface area contributed by atoms with E-state index in [0.29, 0.717) is 22.8 Å². The van der Waals surface area contributed by atoms with Crippen molar-refractivity contribution in [2.24, 2.45) is 0 Å². The van der Waals surface area contributed by atoms with Gasteiger partial charge in [-0.15, -0.1) is 0 Å². The Hall–Kier alpha value is -2.69. The van der Waals surface area contributed by atoms with Crippen molar-refractivity contribution in [3.05, 3.63) is 53.6 Å². The van der Waals surface area contributed by atoms with Crippen LogP contribution in [0.3, 0.4) is 0 Å². The number of nitrogens with one attached hydrogen (secondary N) is 1. The molecular formula is C18H21NO4. The number of hydrogen-bond acceptors (Lipinski definition) is 4. The first kappa shape index (κ1) is 16.7. The van der Waals surface area contributed by atoms with Crippen molar-refractivity contribution in [1.29, 1.82) is 0 Å². The highest BCUT2D eigenvalue weighted by Crippen LogP contribution is 2.34. The average molecular weight is 315 g/mol. The van der Waals surface area contributed by atoms with Gasteiger partial charge in [0.1, 0.15) is 5.75 Å². The van der Waals surface area contributed by atoms with Gasteiger partial charge in [0.2, 0.25) is 0 Å². The van der Waals surface area contributed by atoms with Gasteiger partial charge in [-0.1, -0.05) is 30.3 Å². The van der Waals surface area contributed by atoms with Crippen LogP contribution in [0.2, 0.25) is 0 Å². The quantitative estimate of drug-likeness (QED) is 0.889. The fourth-order valence-corrected chi connectivity index (χ4v) is 2.31. The monoisotopic (exact) mass is 315 g/mol. The second kappa shape index (κ2) is 7.54. The number of carbonyl (C=O) groups is 1. The van der Waals surface area contributed by atoms with E-state index < -0.39 is 0 Å². The van der Waals surface area contributed by atoms with E-state index in [1.165, 1.54) is 21.3 Å². The van der Waals surface area contributed by atoms with Gasteiger partial charge in [0.15, 0.2) is 11.5 Å². The molecular weight excluding hydrogens is 294 g/mol. The number of rotatable bonds is 6. The minimum Gasteiger partial charge on any atom is -0.496 e. The van der Waals surface area contributed by atoms with Crippen LogP contribution in [0.4, 0.5) is 0 Å². The summed E-state index contributed by atoms with van der Waals surface area (Å²) in [4.78, 5) is 12.6. The molecule has 2 rings (SSSR count). The molecule has 2 aromatic rings. The van der Waals surface area contributed by atoms with Gasteiger partial charge in [-0.3, -0.25) is 4.79 Å². The Morgan fingerprint density at radius 3 is 2.04 bits per heavy atom. The summed E-state index contributed by atoms with van der Waals surface area (Å²) >= 11 is 0. The third-order valence-corrected chi connectivity index (χ3v) is 3.60. The predicted octanol–water partition coefficient (Wildman–Crippen LogP) is 3.20. The largest absolute Gasteiger partial charge is 0.496 e. The van der Waals surface area contributed by atoms with Gasteiger partial charge in [-0.2, -0.15) is 0 Å². The van der Waals surface area contributed by atoms with Crippen LogP contribution in [0, 0.1) is 0 Å². The van der Waals surface area contributed by atoms with Gasteiger partial charge in [-0.05, 0) is 12.5 Å². The third kappa shape index (κ3) is 3.74. The van der Waals surface area contributed by atoms with Gasteiger partial charge >= 0.3 is 0 Å². The maximum atomic E-state index is 12.6. The van der Waals surface area contributed by atoms with E-state index in [2.05, 4.69) is 5.32 Å². The van der Waals surface area contributed by atoms with Crippen molar-refractivity contribution in [2.75, 3.05) is 21.3 Å². The summed E-state index contributed by atoms with van der Waals surface area (Å²) in [5, 5.41) is 2.96. The molecule has 5 nitrogen and oxygen atoms in total. The van der Waals surface area contributed by atoms with Gasteiger partial charge in [0.25, 0.3) is 5.91 Å². The fourth-order valence-electron chi connectivity index (χ4n) is 2.31. The summed E-state index contributed by atoms with van der Waals surface area (Å²) < 4.78 is 15.8. The zero-order valence-corrected chi connectivity index (χ0v) is 13.8. The molecule has 0 aliphatic heterocycles. The molecule has 2 aromatic carbocycles. The Labute approximate surface area is 136 Å². The predicted molar refractivity (Wildman–Crippen MR) is 88.4 cm³/mol. The second-order valence-corrected chi connectivity index (χ2v) is 5.01. The van der Waals surface area contributed by atoms with Crippen molar-refractivity contribution in [3.8, 4) is 17.2 Å². The number of carbonyl (C=O) groups excluding carboxylic acids is 1. The Morgan fingerprint density at radius 2 is 1.48 bits per heavy atom. The van der Waals surface area contributed by atoms with Crippen LogP contribution >= 0.6 is 0 Å². The van der Waals surface area contributed by atoms with E-state index in [-0.39, 0.29) is 11.9 Å². The maximum absolute atomic E-state index is 12.6. The van der Waals surface area contributed by atoms with Crippen molar-refractivity contribution < 1.29 is 19.0 Å². The topological polar surface area (TPSA) is 56.8 Å². The van der Waals surface area contributed by atoms with E-state index in [4.69, 9.17) is 14.2 Å². The Kier molecular flexibility index (Phi) is 5.46. The highest BCUT2D eigenvalue weighted by molar-refractivity contribution is 5.98. The van der Waals surface area contributed by atoms with Crippen LogP contribution in [0.5, 0.6) is 17.2 Å². The Morgan fingerprint density at radius 1 is 0.913 bits per heavy atom. The zero-order chi connectivity index (χ0) is 16.8. The molecule has 0 fully saturated rings. The first-order chi connectivity index (χ1) is 11.1. The van der Waals surface area contributed by atoms with Crippen molar-refractivity contribution >= 4 is 5.91 Å². The zero-order valence-electron chi connectivity index (χ0n) is 13.8. The molecule has 1 amide bonds. The lowest BCUT2D eigenvalue weighted by atomic mass is 10.1.